The van der Waals surface area contributed by atoms with E-state index in [1.54, 1.807) is 24.3 Å². The lowest BCUT2D eigenvalue weighted by Gasteiger charge is -2.13. The molecule has 0 bridgehead atoms. The van der Waals surface area contributed by atoms with Gasteiger partial charge in [0.25, 0.3) is 5.91 Å². The molecule has 2 aromatic rings. The Labute approximate surface area is 163 Å². The smallest absolute Gasteiger partial charge is 0.257 e. The Hall–Kier alpha value is -2.86. The van der Waals surface area contributed by atoms with Gasteiger partial charge in [-0.05, 0) is 42.8 Å². The van der Waals surface area contributed by atoms with E-state index in [1.165, 1.54) is 13.0 Å². The number of rotatable bonds is 5. The Balaban J connectivity index is 2.18. The van der Waals surface area contributed by atoms with E-state index in [4.69, 9.17) is 11.6 Å². The molecule has 142 valence electrons. The summed E-state index contributed by atoms with van der Waals surface area (Å²) in [6.45, 7) is 6.88. The molecule has 0 saturated carbocycles. The highest BCUT2D eigenvalue weighted by Crippen LogP contribution is 2.24. The Morgan fingerprint density at radius 3 is 2.15 bits per heavy atom. The Bertz CT molecular complexity index is 894. The number of anilines is 3. The SMILES string of the molecule is CC(=O)Nc1ccc(C(=O)Nc2ccc(C)c(NC(=O)C(C)C)c2)c(Cl)c1. The van der Waals surface area contributed by atoms with E-state index in [9.17, 15) is 14.4 Å². The van der Waals surface area contributed by atoms with Gasteiger partial charge in [-0.3, -0.25) is 14.4 Å². The van der Waals surface area contributed by atoms with Gasteiger partial charge >= 0.3 is 0 Å². The highest BCUT2D eigenvalue weighted by atomic mass is 35.5. The first-order chi connectivity index (χ1) is 12.7. The van der Waals surface area contributed by atoms with E-state index in [0.717, 1.165) is 5.56 Å². The summed E-state index contributed by atoms with van der Waals surface area (Å²) in [4.78, 5) is 35.6. The van der Waals surface area contributed by atoms with Crippen molar-refractivity contribution in [2.45, 2.75) is 27.7 Å². The van der Waals surface area contributed by atoms with Gasteiger partial charge in [0.15, 0.2) is 0 Å². The fourth-order valence-electron chi connectivity index (χ4n) is 2.29. The fourth-order valence-corrected chi connectivity index (χ4v) is 2.56. The number of halogens is 1. The van der Waals surface area contributed by atoms with Crippen LogP contribution >= 0.6 is 11.6 Å². The molecule has 2 aromatic carbocycles. The van der Waals surface area contributed by atoms with E-state index >= 15 is 0 Å². The van der Waals surface area contributed by atoms with E-state index < -0.39 is 0 Å². The second-order valence-electron chi connectivity index (χ2n) is 6.50. The summed E-state index contributed by atoms with van der Waals surface area (Å²) in [5.74, 6) is -0.861. The molecule has 0 unspecified atom stereocenters. The summed E-state index contributed by atoms with van der Waals surface area (Å²) in [7, 11) is 0. The minimum absolute atomic E-state index is 0.0989. The molecule has 27 heavy (non-hydrogen) atoms. The van der Waals surface area contributed by atoms with Crippen molar-refractivity contribution in [1.82, 2.24) is 0 Å². The molecule has 0 aliphatic carbocycles. The number of nitrogens with one attached hydrogen (secondary N) is 3. The van der Waals surface area contributed by atoms with E-state index in [0.29, 0.717) is 17.1 Å². The van der Waals surface area contributed by atoms with E-state index in [1.807, 2.05) is 26.8 Å². The summed E-state index contributed by atoms with van der Waals surface area (Å²) in [5.41, 5.74) is 2.85. The van der Waals surface area contributed by atoms with Crippen LogP contribution in [-0.2, 0) is 9.59 Å². The standard InChI is InChI=1S/C20H22ClN3O3/c1-11(2)19(26)24-18-10-15(6-5-12(18)3)23-20(27)16-8-7-14(9-17(16)21)22-13(4)25/h5-11H,1-4H3,(H,22,25)(H,23,27)(H,24,26). The molecule has 7 heteroatoms. The van der Waals surface area contributed by atoms with Crippen LogP contribution in [0.4, 0.5) is 17.1 Å². The van der Waals surface area contributed by atoms with Crippen molar-refractivity contribution < 1.29 is 14.4 Å². The molecular formula is C20H22ClN3O3. The van der Waals surface area contributed by atoms with Crippen LogP contribution in [0.2, 0.25) is 5.02 Å². The molecule has 0 fully saturated rings. The Morgan fingerprint density at radius 1 is 0.926 bits per heavy atom. The minimum Gasteiger partial charge on any atom is -0.326 e. The molecule has 0 heterocycles. The summed E-state index contributed by atoms with van der Waals surface area (Å²) in [5, 5.41) is 8.44. The number of amides is 3. The van der Waals surface area contributed by atoms with Crippen LogP contribution in [0, 0.1) is 12.8 Å². The molecule has 0 aromatic heterocycles. The van der Waals surface area contributed by atoms with Gasteiger partial charge in [0.1, 0.15) is 0 Å². The van der Waals surface area contributed by atoms with Crippen molar-refractivity contribution in [3.8, 4) is 0 Å². The molecule has 0 spiro atoms. The molecule has 0 atom stereocenters. The first-order valence-electron chi connectivity index (χ1n) is 8.47. The Morgan fingerprint density at radius 2 is 1.56 bits per heavy atom. The number of hydrogen-bond donors (Lipinski definition) is 3. The third-order valence-electron chi connectivity index (χ3n) is 3.81. The molecular weight excluding hydrogens is 366 g/mol. The number of carbonyl (C=O) groups excluding carboxylic acids is 3. The average molecular weight is 388 g/mol. The van der Waals surface area contributed by atoms with Crippen LogP contribution in [-0.4, -0.2) is 17.7 Å². The van der Waals surface area contributed by atoms with E-state index in [-0.39, 0.29) is 34.2 Å². The van der Waals surface area contributed by atoms with Gasteiger partial charge in [-0.1, -0.05) is 31.5 Å². The molecule has 0 aliphatic heterocycles. The average Bonchev–Trinajstić information content (AvgIpc) is 2.57. The van der Waals surface area contributed by atoms with Crippen molar-refractivity contribution in [3.63, 3.8) is 0 Å². The van der Waals surface area contributed by atoms with Gasteiger partial charge in [0.2, 0.25) is 11.8 Å². The first-order valence-corrected chi connectivity index (χ1v) is 8.85. The largest absolute Gasteiger partial charge is 0.326 e. The first kappa shape index (κ1) is 20.5. The highest BCUT2D eigenvalue weighted by Gasteiger charge is 2.14. The summed E-state index contributed by atoms with van der Waals surface area (Å²) in [6.07, 6.45) is 0. The maximum Gasteiger partial charge on any atom is 0.257 e. The van der Waals surface area contributed by atoms with Crippen LogP contribution in [0.1, 0.15) is 36.7 Å². The Kier molecular flexibility index (Phi) is 6.58. The normalized spacial score (nSPS) is 10.4. The monoisotopic (exact) mass is 387 g/mol. The zero-order valence-electron chi connectivity index (χ0n) is 15.6. The highest BCUT2D eigenvalue weighted by molar-refractivity contribution is 6.34. The van der Waals surface area contributed by atoms with Gasteiger partial charge < -0.3 is 16.0 Å². The van der Waals surface area contributed by atoms with Gasteiger partial charge in [0.05, 0.1) is 10.6 Å². The maximum absolute atomic E-state index is 12.5. The lowest BCUT2D eigenvalue weighted by atomic mass is 10.1. The predicted molar refractivity (Wildman–Crippen MR) is 108 cm³/mol. The fraction of sp³-hybridized carbons (Fsp3) is 0.250. The summed E-state index contributed by atoms with van der Waals surface area (Å²) >= 11 is 6.16. The third kappa shape index (κ3) is 5.56. The van der Waals surface area contributed by atoms with Gasteiger partial charge in [0, 0.05) is 29.9 Å². The molecule has 3 amide bonds. The van der Waals surface area contributed by atoms with Gasteiger partial charge in [-0.2, -0.15) is 0 Å². The quantitative estimate of drug-likeness (QED) is 0.708. The second-order valence-corrected chi connectivity index (χ2v) is 6.91. The van der Waals surface area contributed by atoms with Crippen molar-refractivity contribution >= 4 is 46.4 Å². The number of hydrogen-bond acceptors (Lipinski definition) is 3. The lowest BCUT2D eigenvalue weighted by Crippen LogP contribution is -2.19. The maximum atomic E-state index is 12.5. The molecule has 3 N–H and O–H groups in total. The molecule has 6 nitrogen and oxygen atoms in total. The lowest BCUT2D eigenvalue weighted by molar-refractivity contribution is -0.119. The molecule has 2 rings (SSSR count). The van der Waals surface area contributed by atoms with Crippen molar-refractivity contribution in [3.05, 3.63) is 52.5 Å². The van der Waals surface area contributed by atoms with Crippen LogP contribution in [0.5, 0.6) is 0 Å². The minimum atomic E-state index is -0.389. The summed E-state index contributed by atoms with van der Waals surface area (Å²) in [6, 6.07) is 9.92. The van der Waals surface area contributed by atoms with Crippen molar-refractivity contribution in [2.75, 3.05) is 16.0 Å². The van der Waals surface area contributed by atoms with Gasteiger partial charge in [-0.15, -0.1) is 0 Å². The topological polar surface area (TPSA) is 87.3 Å². The second kappa shape index (κ2) is 8.68. The number of aryl methyl sites for hydroxylation is 1. The zero-order chi connectivity index (χ0) is 20.1. The van der Waals surface area contributed by atoms with E-state index in [2.05, 4.69) is 16.0 Å². The third-order valence-corrected chi connectivity index (χ3v) is 4.12. The number of benzene rings is 2. The molecule has 0 radical (unpaired) electrons. The van der Waals surface area contributed by atoms with Crippen molar-refractivity contribution in [2.24, 2.45) is 5.92 Å². The van der Waals surface area contributed by atoms with Crippen LogP contribution < -0.4 is 16.0 Å². The molecule has 0 saturated heterocycles. The molecule has 0 aliphatic rings. The van der Waals surface area contributed by atoms with Crippen LogP contribution in [0.25, 0.3) is 0 Å². The summed E-state index contributed by atoms with van der Waals surface area (Å²) < 4.78 is 0. The van der Waals surface area contributed by atoms with Crippen LogP contribution in [0.3, 0.4) is 0 Å². The van der Waals surface area contributed by atoms with Crippen LogP contribution in [0.15, 0.2) is 36.4 Å². The zero-order valence-corrected chi connectivity index (χ0v) is 16.4. The predicted octanol–water partition coefficient (Wildman–Crippen LogP) is 4.45. The number of carbonyl (C=O) groups is 3. The van der Waals surface area contributed by atoms with Crippen molar-refractivity contribution in [1.29, 1.82) is 0 Å². The van der Waals surface area contributed by atoms with Gasteiger partial charge in [-0.25, -0.2) is 0 Å².